The summed E-state index contributed by atoms with van der Waals surface area (Å²) in [5.74, 6) is 0.527. The van der Waals surface area contributed by atoms with Gasteiger partial charge in [-0.2, -0.15) is 0 Å². The molecular formula is C15H15N3O2. The molecule has 5 heteroatoms. The molecule has 3 rings (SSSR count). The lowest BCUT2D eigenvalue weighted by molar-refractivity contribution is -0.110. The summed E-state index contributed by atoms with van der Waals surface area (Å²) in [6, 6.07) is 5.57. The van der Waals surface area contributed by atoms with Crippen molar-refractivity contribution in [2.75, 3.05) is 18.2 Å². The smallest absolute Gasteiger partial charge is 0.256 e. The van der Waals surface area contributed by atoms with Crippen molar-refractivity contribution in [2.45, 2.75) is 6.92 Å². The summed E-state index contributed by atoms with van der Waals surface area (Å²) in [5, 5.41) is 2.82. The molecule has 0 fully saturated rings. The molecule has 1 amide bonds. The van der Waals surface area contributed by atoms with Crippen LogP contribution in [0, 0.1) is 6.92 Å². The number of fused-ring (bicyclic) bond motifs is 1. The van der Waals surface area contributed by atoms with Crippen molar-refractivity contribution in [3.63, 3.8) is 0 Å². The maximum atomic E-state index is 12.1. The number of carbonyl (C=O) groups is 1. The standard InChI is InChI=1S/C15H15N3O2/c1-8-3-4-10-13(14(8)16)9(15(19)18-10)7-11-12(20-2)5-6-17-11/h3-7,17H,16H2,1-2H3,(H,18,19)/b9-7-. The second-order valence-electron chi connectivity index (χ2n) is 4.69. The van der Waals surface area contributed by atoms with Crippen molar-refractivity contribution in [1.29, 1.82) is 0 Å². The van der Waals surface area contributed by atoms with Gasteiger partial charge in [0.15, 0.2) is 0 Å². The molecule has 0 unspecified atom stereocenters. The molecule has 1 aromatic carbocycles. The Morgan fingerprint density at radius 1 is 1.30 bits per heavy atom. The first kappa shape index (κ1) is 12.3. The lowest BCUT2D eigenvalue weighted by Gasteiger charge is -2.06. The molecule has 0 saturated carbocycles. The van der Waals surface area contributed by atoms with E-state index in [2.05, 4.69) is 10.3 Å². The molecule has 1 aliphatic rings. The lowest BCUT2D eigenvalue weighted by Crippen LogP contribution is -2.03. The Balaban J connectivity index is 2.17. The molecule has 20 heavy (non-hydrogen) atoms. The predicted octanol–water partition coefficient (Wildman–Crippen LogP) is 2.41. The molecular weight excluding hydrogens is 254 g/mol. The number of hydrogen-bond acceptors (Lipinski definition) is 3. The first-order chi connectivity index (χ1) is 9.61. The summed E-state index contributed by atoms with van der Waals surface area (Å²) in [6.07, 6.45) is 3.52. The molecule has 4 N–H and O–H groups in total. The van der Waals surface area contributed by atoms with Crippen LogP contribution in [-0.4, -0.2) is 18.0 Å². The molecule has 5 nitrogen and oxygen atoms in total. The zero-order chi connectivity index (χ0) is 14.3. The van der Waals surface area contributed by atoms with E-state index in [0.717, 1.165) is 22.5 Å². The maximum absolute atomic E-state index is 12.1. The van der Waals surface area contributed by atoms with Crippen LogP contribution >= 0.6 is 0 Å². The molecule has 2 aromatic rings. The monoisotopic (exact) mass is 269 g/mol. The van der Waals surface area contributed by atoms with Crippen molar-refractivity contribution in [2.24, 2.45) is 0 Å². The Morgan fingerprint density at radius 3 is 2.85 bits per heavy atom. The summed E-state index contributed by atoms with van der Waals surface area (Å²) in [6.45, 7) is 1.92. The Bertz CT molecular complexity index is 729. The van der Waals surface area contributed by atoms with Gasteiger partial charge in [0.2, 0.25) is 0 Å². The first-order valence-corrected chi connectivity index (χ1v) is 6.25. The SMILES string of the molecule is COc1cc[nH]c1/C=C1\C(=O)Nc2ccc(C)c(N)c21. The zero-order valence-corrected chi connectivity index (χ0v) is 11.3. The second-order valence-corrected chi connectivity index (χ2v) is 4.69. The number of carbonyl (C=O) groups excluding carboxylic acids is 1. The van der Waals surface area contributed by atoms with E-state index in [9.17, 15) is 4.79 Å². The van der Waals surface area contributed by atoms with Gasteiger partial charge in [-0.25, -0.2) is 0 Å². The summed E-state index contributed by atoms with van der Waals surface area (Å²) in [4.78, 5) is 15.2. The van der Waals surface area contributed by atoms with Gasteiger partial charge in [0, 0.05) is 17.4 Å². The van der Waals surface area contributed by atoms with Crippen LogP contribution in [0.4, 0.5) is 11.4 Å². The predicted molar refractivity (Wildman–Crippen MR) is 79.4 cm³/mol. The van der Waals surface area contributed by atoms with Crippen LogP contribution < -0.4 is 15.8 Å². The molecule has 0 aliphatic carbocycles. The van der Waals surface area contributed by atoms with E-state index < -0.39 is 0 Å². The van der Waals surface area contributed by atoms with Crippen molar-refractivity contribution < 1.29 is 9.53 Å². The highest BCUT2D eigenvalue weighted by molar-refractivity contribution is 6.36. The number of rotatable bonds is 2. The summed E-state index contributed by atoms with van der Waals surface area (Å²) >= 11 is 0. The number of nitrogens with one attached hydrogen (secondary N) is 2. The fourth-order valence-corrected chi connectivity index (χ4v) is 2.36. The van der Waals surface area contributed by atoms with Crippen molar-refractivity contribution >= 4 is 28.9 Å². The van der Waals surface area contributed by atoms with Crippen LogP contribution in [0.5, 0.6) is 5.75 Å². The Labute approximate surface area is 116 Å². The molecule has 0 radical (unpaired) electrons. The van der Waals surface area contributed by atoms with Crippen molar-refractivity contribution in [3.8, 4) is 5.75 Å². The fraction of sp³-hybridized carbons (Fsp3) is 0.133. The highest BCUT2D eigenvalue weighted by atomic mass is 16.5. The molecule has 102 valence electrons. The van der Waals surface area contributed by atoms with E-state index in [1.165, 1.54) is 0 Å². The summed E-state index contributed by atoms with van der Waals surface area (Å²) < 4.78 is 5.23. The van der Waals surface area contributed by atoms with Gasteiger partial charge in [0.05, 0.1) is 24.1 Å². The third-order valence-electron chi connectivity index (χ3n) is 3.47. The van der Waals surface area contributed by atoms with E-state index in [0.29, 0.717) is 17.0 Å². The van der Waals surface area contributed by atoms with Crippen molar-refractivity contribution in [1.82, 2.24) is 4.98 Å². The maximum Gasteiger partial charge on any atom is 0.256 e. The van der Waals surface area contributed by atoms with E-state index >= 15 is 0 Å². The van der Waals surface area contributed by atoms with Crippen LogP contribution in [0.3, 0.4) is 0 Å². The van der Waals surface area contributed by atoms with Crippen LogP contribution in [0.25, 0.3) is 11.6 Å². The van der Waals surface area contributed by atoms with Crippen LogP contribution in [0.2, 0.25) is 0 Å². The average Bonchev–Trinajstić information content (AvgIpc) is 3.00. The molecule has 0 bridgehead atoms. The molecule has 0 atom stereocenters. The van der Waals surface area contributed by atoms with Gasteiger partial charge in [-0.3, -0.25) is 4.79 Å². The van der Waals surface area contributed by atoms with Gasteiger partial charge in [0.25, 0.3) is 5.91 Å². The molecule has 0 saturated heterocycles. The van der Waals surface area contributed by atoms with Crippen LogP contribution in [0.15, 0.2) is 24.4 Å². The van der Waals surface area contributed by atoms with Crippen LogP contribution in [0.1, 0.15) is 16.8 Å². The molecule has 1 aromatic heterocycles. The minimum atomic E-state index is -0.158. The average molecular weight is 269 g/mol. The van der Waals surface area contributed by atoms with Crippen LogP contribution in [-0.2, 0) is 4.79 Å². The third kappa shape index (κ3) is 1.75. The Hall–Kier alpha value is -2.69. The van der Waals surface area contributed by atoms with Gasteiger partial charge in [-0.1, -0.05) is 6.07 Å². The van der Waals surface area contributed by atoms with Gasteiger partial charge >= 0.3 is 0 Å². The topological polar surface area (TPSA) is 80.1 Å². The Kier molecular flexibility index (Phi) is 2.75. The number of anilines is 2. The number of methoxy groups -OCH3 is 1. The number of H-pyrrole nitrogens is 1. The van der Waals surface area contributed by atoms with E-state index in [1.54, 1.807) is 25.4 Å². The number of nitrogens with two attached hydrogens (primary N) is 1. The minimum absolute atomic E-state index is 0.158. The van der Waals surface area contributed by atoms with E-state index in [1.807, 2.05) is 19.1 Å². The number of aromatic nitrogens is 1. The first-order valence-electron chi connectivity index (χ1n) is 6.25. The van der Waals surface area contributed by atoms with Crippen molar-refractivity contribution in [3.05, 3.63) is 41.2 Å². The number of nitrogen functional groups attached to an aromatic ring is 1. The minimum Gasteiger partial charge on any atom is -0.495 e. The number of aromatic amines is 1. The largest absolute Gasteiger partial charge is 0.495 e. The lowest BCUT2D eigenvalue weighted by atomic mass is 10.0. The highest BCUT2D eigenvalue weighted by Gasteiger charge is 2.27. The van der Waals surface area contributed by atoms with Gasteiger partial charge in [0.1, 0.15) is 5.75 Å². The van der Waals surface area contributed by atoms with E-state index in [-0.39, 0.29) is 5.91 Å². The number of benzene rings is 1. The van der Waals surface area contributed by atoms with Gasteiger partial charge < -0.3 is 20.8 Å². The Morgan fingerprint density at radius 2 is 2.10 bits per heavy atom. The summed E-state index contributed by atoms with van der Waals surface area (Å²) in [5.41, 5.74) is 10.5. The normalized spacial score (nSPS) is 15.3. The molecule has 1 aliphatic heterocycles. The second kappa shape index (κ2) is 4.45. The number of amides is 1. The zero-order valence-electron chi connectivity index (χ0n) is 11.3. The number of aryl methyl sites for hydroxylation is 1. The highest BCUT2D eigenvalue weighted by Crippen LogP contribution is 2.39. The fourth-order valence-electron chi connectivity index (χ4n) is 2.36. The molecule has 0 spiro atoms. The quantitative estimate of drug-likeness (QED) is 0.578. The number of ether oxygens (including phenoxy) is 1. The third-order valence-corrected chi connectivity index (χ3v) is 3.47. The van der Waals surface area contributed by atoms with Gasteiger partial charge in [-0.15, -0.1) is 0 Å². The van der Waals surface area contributed by atoms with E-state index in [4.69, 9.17) is 10.5 Å². The number of hydrogen-bond donors (Lipinski definition) is 3. The van der Waals surface area contributed by atoms with Gasteiger partial charge in [-0.05, 0) is 30.7 Å². The summed E-state index contributed by atoms with van der Waals surface area (Å²) in [7, 11) is 1.59. The molecule has 2 heterocycles.